The lowest BCUT2D eigenvalue weighted by Crippen LogP contribution is -2.34. The number of hydrogen-bond acceptors (Lipinski definition) is 6. The van der Waals surface area contributed by atoms with Gasteiger partial charge in [-0.1, -0.05) is 42.5 Å². The summed E-state index contributed by atoms with van der Waals surface area (Å²) in [6, 6.07) is 23.6. The quantitative estimate of drug-likeness (QED) is 0.251. The zero-order valence-electron chi connectivity index (χ0n) is 22.0. The highest BCUT2D eigenvalue weighted by Gasteiger charge is 2.23. The molecule has 0 fully saturated rings. The van der Waals surface area contributed by atoms with Crippen molar-refractivity contribution in [1.29, 1.82) is 0 Å². The largest absolute Gasteiger partial charge is 0.493 e. The van der Waals surface area contributed by atoms with Crippen molar-refractivity contribution in [2.45, 2.75) is 33.0 Å². The van der Waals surface area contributed by atoms with E-state index in [9.17, 15) is 9.50 Å². The third-order valence-corrected chi connectivity index (χ3v) is 6.10. The number of ether oxygens (including phenoxy) is 3. The number of aromatic nitrogens is 2. The molecule has 3 aromatic carbocycles. The van der Waals surface area contributed by atoms with E-state index in [-0.39, 0.29) is 12.4 Å². The Morgan fingerprint density at radius 1 is 0.947 bits per heavy atom. The minimum Gasteiger partial charge on any atom is -0.493 e. The number of aliphatic hydroxyl groups is 1. The summed E-state index contributed by atoms with van der Waals surface area (Å²) >= 11 is 0. The van der Waals surface area contributed by atoms with Gasteiger partial charge in [0.2, 0.25) is 5.88 Å². The predicted octanol–water partition coefficient (Wildman–Crippen LogP) is 5.52. The van der Waals surface area contributed by atoms with Crippen LogP contribution in [0.15, 0.2) is 78.9 Å². The SMILES string of the molecule is CCOC[C@H](O)CN(Cc1ccc(F)cc1)Cc1c(C)nn(-c2ccccc2)c1Oc1ccccc1OC. The van der Waals surface area contributed by atoms with Gasteiger partial charge in [0.25, 0.3) is 0 Å². The van der Waals surface area contributed by atoms with Crippen LogP contribution in [-0.4, -0.2) is 52.8 Å². The fraction of sp³-hybridized carbons (Fsp3) is 0.300. The molecule has 1 atom stereocenters. The van der Waals surface area contributed by atoms with E-state index < -0.39 is 6.10 Å². The summed E-state index contributed by atoms with van der Waals surface area (Å²) in [5, 5.41) is 15.5. The summed E-state index contributed by atoms with van der Waals surface area (Å²) in [7, 11) is 1.60. The van der Waals surface area contributed by atoms with E-state index in [2.05, 4.69) is 4.90 Å². The second-order valence-corrected chi connectivity index (χ2v) is 8.98. The average Bonchev–Trinajstić information content (AvgIpc) is 3.24. The lowest BCUT2D eigenvalue weighted by atomic mass is 10.1. The first-order valence-electron chi connectivity index (χ1n) is 12.7. The second kappa shape index (κ2) is 13.2. The van der Waals surface area contributed by atoms with Gasteiger partial charge >= 0.3 is 0 Å². The second-order valence-electron chi connectivity index (χ2n) is 8.98. The van der Waals surface area contributed by atoms with Crippen LogP contribution in [0.1, 0.15) is 23.7 Å². The van der Waals surface area contributed by atoms with E-state index in [1.165, 1.54) is 12.1 Å². The van der Waals surface area contributed by atoms with Gasteiger partial charge in [-0.05, 0) is 55.8 Å². The molecule has 0 radical (unpaired) electrons. The van der Waals surface area contributed by atoms with Gasteiger partial charge in [-0.3, -0.25) is 4.90 Å². The Labute approximate surface area is 223 Å². The van der Waals surface area contributed by atoms with Crippen molar-refractivity contribution in [3.05, 3.63) is 102 Å². The van der Waals surface area contributed by atoms with Gasteiger partial charge in [0, 0.05) is 26.2 Å². The predicted molar refractivity (Wildman–Crippen MR) is 144 cm³/mol. The number of halogens is 1. The molecule has 7 nitrogen and oxygen atoms in total. The first-order chi connectivity index (χ1) is 18.5. The zero-order valence-corrected chi connectivity index (χ0v) is 22.0. The zero-order chi connectivity index (χ0) is 26.9. The summed E-state index contributed by atoms with van der Waals surface area (Å²) in [6.45, 7) is 5.86. The van der Waals surface area contributed by atoms with Gasteiger partial charge in [0.1, 0.15) is 5.82 Å². The highest BCUT2D eigenvalue weighted by molar-refractivity contribution is 5.47. The van der Waals surface area contributed by atoms with Crippen LogP contribution in [0.3, 0.4) is 0 Å². The van der Waals surface area contributed by atoms with Crippen molar-refractivity contribution >= 4 is 0 Å². The first-order valence-corrected chi connectivity index (χ1v) is 12.7. The van der Waals surface area contributed by atoms with Gasteiger partial charge in [-0.2, -0.15) is 5.10 Å². The average molecular weight is 520 g/mol. The van der Waals surface area contributed by atoms with Crippen LogP contribution in [0, 0.1) is 12.7 Å². The van der Waals surface area contributed by atoms with E-state index in [0.717, 1.165) is 22.5 Å². The molecule has 1 heterocycles. The minimum atomic E-state index is -0.696. The maximum Gasteiger partial charge on any atom is 0.227 e. The molecule has 4 aromatic rings. The normalized spacial score (nSPS) is 12.1. The molecule has 0 aliphatic rings. The van der Waals surface area contributed by atoms with Gasteiger partial charge in [0.05, 0.1) is 36.8 Å². The molecule has 0 aliphatic heterocycles. The molecule has 8 heteroatoms. The Morgan fingerprint density at radius 2 is 1.63 bits per heavy atom. The van der Waals surface area contributed by atoms with Gasteiger partial charge < -0.3 is 19.3 Å². The topological polar surface area (TPSA) is 69.0 Å². The van der Waals surface area contributed by atoms with Crippen molar-refractivity contribution in [2.75, 3.05) is 26.9 Å². The van der Waals surface area contributed by atoms with E-state index in [1.807, 2.05) is 68.4 Å². The minimum absolute atomic E-state index is 0.225. The Balaban J connectivity index is 1.72. The highest BCUT2D eigenvalue weighted by Crippen LogP contribution is 2.36. The number of hydrogen-bond donors (Lipinski definition) is 1. The van der Waals surface area contributed by atoms with Crippen molar-refractivity contribution in [3.63, 3.8) is 0 Å². The molecule has 1 N–H and O–H groups in total. The summed E-state index contributed by atoms with van der Waals surface area (Å²) in [4.78, 5) is 2.09. The number of benzene rings is 3. The molecule has 0 aliphatic carbocycles. The molecule has 0 unspecified atom stereocenters. The molecule has 4 rings (SSSR count). The number of para-hydroxylation sites is 3. The van der Waals surface area contributed by atoms with E-state index >= 15 is 0 Å². The monoisotopic (exact) mass is 519 g/mol. The third-order valence-electron chi connectivity index (χ3n) is 6.10. The number of methoxy groups -OCH3 is 1. The number of nitrogens with zero attached hydrogens (tertiary/aromatic N) is 3. The summed E-state index contributed by atoms with van der Waals surface area (Å²) < 4.78 is 32.8. The molecular formula is C30H34FN3O4. The van der Waals surface area contributed by atoms with Crippen LogP contribution in [0.2, 0.25) is 0 Å². The third kappa shape index (κ3) is 6.98. The molecule has 0 bridgehead atoms. The first kappa shape index (κ1) is 27.3. The van der Waals surface area contributed by atoms with Crippen LogP contribution < -0.4 is 9.47 Å². The van der Waals surface area contributed by atoms with Crippen molar-refractivity contribution in [1.82, 2.24) is 14.7 Å². The standard InChI is InChI=1S/C30H34FN3O4/c1-4-37-21-26(35)19-33(18-23-14-16-24(31)17-15-23)20-27-22(2)32-34(25-10-6-5-7-11-25)30(27)38-29-13-9-8-12-28(29)36-3/h5-17,26,35H,4,18-21H2,1-3H3/t26-/m1/s1. The summed E-state index contributed by atoms with van der Waals surface area (Å²) in [5.74, 6) is 1.44. The molecule has 38 heavy (non-hydrogen) atoms. The lowest BCUT2D eigenvalue weighted by Gasteiger charge is -2.25. The van der Waals surface area contributed by atoms with Crippen LogP contribution in [-0.2, 0) is 17.8 Å². The number of aryl methyl sites for hydroxylation is 1. The van der Waals surface area contributed by atoms with Crippen LogP contribution in [0.4, 0.5) is 4.39 Å². The smallest absolute Gasteiger partial charge is 0.227 e. The number of rotatable bonds is 13. The molecule has 200 valence electrons. The summed E-state index contributed by atoms with van der Waals surface area (Å²) in [6.07, 6.45) is -0.696. The summed E-state index contributed by atoms with van der Waals surface area (Å²) in [5.41, 5.74) is 3.44. The van der Waals surface area contributed by atoms with Gasteiger partial charge in [-0.15, -0.1) is 0 Å². The van der Waals surface area contributed by atoms with E-state index in [1.54, 1.807) is 23.9 Å². The number of aliphatic hydroxyl groups excluding tert-OH is 1. The van der Waals surface area contributed by atoms with Crippen molar-refractivity contribution in [3.8, 4) is 23.1 Å². The molecule has 1 aromatic heterocycles. The van der Waals surface area contributed by atoms with Crippen LogP contribution in [0.25, 0.3) is 5.69 Å². The van der Waals surface area contributed by atoms with E-state index in [0.29, 0.717) is 43.6 Å². The molecule has 0 amide bonds. The maximum atomic E-state index is 13.6. The van der Waals surface area contributed by atoms with Crippen molar-refractivity contribution in [2.24, 2.45) is 0 Å². The Hall–Kier alpha value is -3.72. The van der Waals surface area contributed by atoms with Crippen molar-refractivity contribution < 1.29 is 23.7 Å². The Kier molecular flexibility index (Phi) is 9.48. The lowest BCUT2D eigenvalue weighted by molar-refractivity contribution is 0.0178. The fourth-order valence-electron chi connectivity index (χ4n) is 4.24. The van der Waals surface area contributed by atoms with Gasteiger partial charge in [0.15, 0.2) is 11.5 Å². The molecule has 0 spiro atoms. The van der Waals surface area contributed by atoms with Gasteiger partial charge in [-0.25, -0.2) is 9.07 Å². The molecule has 0 saturated heterocycles. The highest BCUT2D eigenvalue weighted by atomic mass is 19.1. The molecular weight excluding hydrogens is 485 g/mol. The maximum absolute atomic E-state index is 13.6. The van der Waals surface area contributed by atoms with E-state index in [4.69, 9.17) is 19.3 Å². The Bertz CT molecular complexity index is 1290. The van der Waals surface area contributed by atoms with Crippen LogP contribution >= 0.6 is 0 Å². The molecule has 0 saturated carbocycles. The fourth-order valence-corrected chi connectivity index (χ4v) is 4.24. The van der Waals surface area contributed by atoms with Crippen LogP contribution in [0.5, 0.6) is 17.4 Å². The Morgan fingerprint density at radius 3 is 2.32 bits per heavy atom.